The van der Waals surface area contributed by atoms with Crippen LogP contribution < -0.4 is 5.32 Å². The third-order valence-electron chi connectivity index (χ3n) is 5.89. The molecule has 28 heavy (non-hydrogen) atoms. The summed E-state index contributed by atoms with van der Waals surface area (Å²) in [5.74, 6) is 0.880. The zero-order valence-corrected chi connectivity index (χ0v) is 18.1. The maximum atomic E-state index is 6.41. The van der Waals surface area contributed by atoms with E-state index in [1.54, 1.807) is 6.20 Å². The summed E-state index contributed by atoms with van der Waals surface area (Å²) in [6.45, 7) is 10.6. The van der Waals surface area contributed by atoms with Gasteiger partial charge in [0.25, 0.3) is 0 Å². The number of benzene rings is 1. The van der Waals surface area contributed by atoms with Crippen LogP contribution in [0.3, 0.4) is 0 Å². The number of allylic oxidation sites excluding steroid dienone is 3. The Morgan fingerprint density at radius 1 is 1.25 bits per heavy atom. The highest BCUT2D eigenvalue weighted by atomic mass is 35.5. The van der Waals surface area contributed by atoms with E-state index in [9.17, 15) is 0 Å². The smallest absolute Gasteiger partial charge is 0.0513 e. The first-order valence-electron chi connectivity index (χ1n) is 10.8. The van der Waals surface area contributed by atoms with Gasteiger partial charge in [-0.2, -0.15) is 0 Å². The van der Waals surface area contributed by atoms with Gasteiger partial charge in [0.2, 0.25) is 0 Å². The highest BCUT2D eigenvalue weighted by Crippen LogP contribution is 2.41. The van der Waals surface area contributed by atoms with Gasteiger partial charge >= 0.3 is 0 Å². The first-order chi connectivity index (χ1) is 13.7. The molecule has 1 fully saturated rings. The monoisotopic (exact) mass is 396 g/mol. The van der Waals surface area contributed by atoms with E-state index in [-0.39, 0.29) is 0 Å². The molecule has 2 aliphatic rings. The van der Waals surface area contributed by atoms with Gasteiger partial charge in [-0.1, -0.05) is 62.2 Å². The molecule has 0 amide bonds. The number of hydrogen-bond donors (Lipinski definition) is 1. The van der Waals surface area contributed by atoms with E-state index >= 15 is 0 Å². The highest BCUT2D eigenvalue weighted by molar-refractivity contribution is 6.30. The third kappa shape index (κ3) is 4.85. The molecule has 1 unspecified atom stereocenters. The summed E-state index contributed by atoms with van der Waals surface area (Å²) in [5, 5.41) is 4.32. The van der Waals surface area contributed by atoms with Gasteiger partial charge in [-0.05, 0) is 79.9 Å². The molecule has 0 radical (unpaired) electrons. The molecular formula is C25H33ClN2. The van der Waals surface area contributed by atoms with Crippen molar-refractivity contribution in [3.05, 3.63) is 64.3 Å². The number of nitrogens with zero attached hydrogens (tertiary/aromatic N) is 1. The molecule has 0 bridgehead atoms. The van der Waals surface area contributed by atoms with Crippen molar-refractivity contribution in [2.75, 3.05) is 13.1 Å². The standard InChI is InChI=1S/C25H33ClN2/c1-4-7-18-15-20(8-5-2)25(28-6-3)24(19-11-13-27-14-12-19)23-10-9-22(26)17-21(23)16-18/h6,8-10,16-17,19,24,27H,3-5,7,11-15H2,1-2H3/b18-16-,20-8-,28-25?. The van der Waals surface area contributed by atoms with Crippen molar-refractivity contribution in [1.82, 2.24) is 5.32 Å². The summed E-state index contributed by atoms with van der Waals surface area (Å²) in [7, 11) is 0. The fourth-order valence-electron chi connectivity index (χ4n) is 4.73. The van der Waals surface area contributed by atoms with E-state index in [1.807, 2.05) is 6.07 Å². The molecule has 2 nitrogen and oxygen atoms in total. The van der Waals surface area contributed by atoms with E-state index in [0.717, 1.165) is 43.8 Å². The molecule has 3 rings (SSSR count). The Morgan fingerprint density at radius 2 is 2.04 bits per heavy atom. The fourth-order valence-corrected chi connectivity index (χ4v) is 4.91. The van der Waals surface area contributed by atoms with Crippen molar-refractivity contribution in [3.63, 3.8) is 0 Å². The van der Waals surface area contributed by atoms with Crippen LogP contribution in [0, 0.1) is 5.92 Å². The number of fused-ring (bicyclic) bond motifs is 1. The Hall–Kier alpha value is -1.64. The quantitative estimate of drug-likeness (QED) is 0.573. The van der Waals surface area contributed by atoms with E-state index in [1.165, 1.54) is 40.8 Å². The minimum absolute atomic E-state index is 0.296. The van der Waals surface area contributed by atoms with Crippen LogP contribution in [0.4, 0.5) is 0 Å². The van der Waals surface area contributed by atoms with E-state index in [2.05, 4.69) is 50.0 Å². The van der Waals surface area contributed by atoms with Crippen LogP contribution in [0.1, 0.15) is 69.4 Å². The van der Waals surface area contributed by atoms with Crippen LogP contribution in [0.5, 0.6) is 0 Å². The highest BCUT2D eigenvalue weighted by Gasteiger charge is 2.33. The molecule has 0 aromatic heterocycles. The van der Waals surface area contributed by atoms with Crippen LogP contribution in [-0.4, -0.2) is 18.8 Å². The van der Waals surface area contributed by atoms with Gasteiger partial charge in [-0.25, -0.2) is 0 Å². The van der Waals surface area contributed by atoms with Crippen molar-refractivity contribution in [3.8, 4) is 0 Å². The Morgan fingerprint density at radius 3 is 2.71 bits per heavy atom. The fraction of sp³-hybridized carbons (Fsp3) is 0.480. The molecule has 0 saturated carbocycles. The molecule has 1 aliphatic carbocycles. The molecule has 150 valence electrons. The van der Waals surface area contributed by atoms with Crippen LogP contribution in [0.15, 0.2) is 53.2 Å². The zero-order valence-electron chi connectivity index (χ0n) is 17.3. The van der Waals surface area contributed by atoms with Gasteiger partial charge < -0.3 is 5.32 Å². The van der Waals surface area contributed by atoms with Crippen LogP contribution in [-0.2, 0) is 0 Å². The second kappa shape index (κ2) is 10.2. The number of rotatable bonds is 5. The Bertz CT molecular complexity index is 782. The first-order valence-corrected chi connectivity index (χ1v) is 11.1. The lowest BCUT2D eigenvalue weighted by Gasteiger charge is -2.35. The summed E-state index contributed by atoms with van der Waals surface area (Å²) >= 11 is 6.41. The number of piperidine rings is 1. The number of aliphatic imine (C=N–C) groups is 1. The maximum Gasteiger partial charge on any atom is 0.0513 e. The SMILES string of the molecule is C=CN=C1/C(=C\CC)C/C(CCC)=C\c2cc(Cl)ccc2C1C1CCNCC1. The largest absolute Gasteiger partial charge is 0.317 e. The average Bonchev–Trinajstić information content (AvgIpc) is 2.69. The zero-order chi connectivity index (χ0) is 19.9. The number of nitrogens with one attached hydrogen (secondary N) is 1. The lowest BCUT2D eigenvalue weighted by Crippen LogP contribution is -2.34. The molecule has 0 spiro atoms. The molecule has 1 aliphatic heterocycles. The van der Waals surface area contributed by atoms with Gasteiger partial charge in [0.15, 0.2) is 0 Å². The lowest BCUT2D eigenvalue weighted by molar-refractivity contribution is 0.356. The van der Waals surface area contributed by atoms with Crippen molar-refractivity contribution < 1.29 is 0 Å². The van der Waals surface area contributed by atoms with Gasteiger partial charge in [0.1, 0.15) is 0 Å². The molecule has 3 heteroatoms. The number of halogens is 1. The summed E-state index contributed by atoms with van der Waals surface area (Å²) in [6, 6.07) is 6.41. The average molecular weight is 397 g/mol. The van der Waals surface area contributed by atoms with Crippen molar-refractivity contribution in [1.29, 1.82) is 0 Å². The third-order valence-corrected chi connectivity index (χ3v) is 6.13. The molecule has 1 aromatic carbocycles. The van der Waals surface area contributed by atoms with Gasteiger partial charge in [-0.3, -0.25) is 4.99 Å². The topological polar surface area (TPSA) is 24.4 Å². The van der Waals surface area contributed by atoms with Crippen molar-refractivity contribution in [2.45, 2.75) is 58.3 Å². The van der Waals surface area contributed by atoms with E-state index in [4.69, 9.17) is 16.6 Å². The molecule has 1 atom stereocenters. The first kappa shape index (κ1) is 21.1. The van der Waals surface area contributed by atoms with Gasteiger partial charge in [-0.15, -0.1) is 0 Å². The summed E-state index contributed by atoms with van der Waals surface area (Å²) in [5.41, 5.74) is 6.70. The number of hydrogen-bond acceptors (Lipinski definition) is 2. The van der Waals surface area contributed by atoms with Gasteiger partial charge in [0.05, 0.1) is 5.71 Å². The molecule has 1 heterocycles. The Kier molecular flexibility index (Phi) is 7.70. The predicted octanol–water partition coefficient (Wildman–Crippen LogP) is 6.93. The van der Waals surface area contributed by atoms with Crippen molar-refractivity contribution >= 4 is 23.4 Å². The molecule has 1 saturated heterocycles. The normalized spacial score (nSPS) is 25.7. The summed E-state index contributed by atoms with van der Waals surface area (Å²) < 4.78 is 0. The summed E-state index contributed by atoms with van der Waals surface area (Å²) in [4.78, 5) is 4.89. The van der Waals surface area contributed by atoms with E-state index < -0.39 is 0 Å². The molecule has 1 N–H and O–H groups in total. The lowest BCUT2D eigenvalue weighted by atomic mass is 9.72. The second-order valence-corrected chi connectivity index (χ2v) is 8.34. The minimum atomic E-state index is 0.296. The van der Waals surface area contributed by atoms with Gasteiger partial charge in [0, 0.05) is 17.1 Å². The second-order valence-electron chi connectivity index (χ2n) is 7.90. The summed E-state index contributed by atoms with van der Waals surface area (Å²) in [6.07, 6.45) is 13.1. The Labute approximate surface area is 175 Å². The molecular weight excluding hydrogens is 364 g/mol. The van der Waals surface area contributed by atoms with Crippen LogP contribution in [0.25, 0.3) is 6.08 Å². The molecule has 1 aromatic rings. The van der Waals surface area contributed by atoms with Crippen LogP contribution in [0.2, 0.25) is 5.02 Å². The van der Waals surface area contributed by atoms with Crippen LogP contribution >= 0.6 is 11.6 Å². The minimum Gasteiger partial charge on any atom is -0.317 e. The predicted molar refractivity (Wildman–Crippen MR) is 123 cm³/mol. The Balaban J connectivity index is 2.22. The van der Waals surface area contributed by atoms with Crippen molar-refractivity contribution in [2.24, 2.45) is 10.9 Å². The maximum absolute atomic E-state index is 6.41. The van der Waals surface area contributed by atoms with E-state index in [0.29, 0.717) is 11.8 Å².